The first-order chi connectivity index (χ1) is 8.81. The molecule has 3 rings (SSSR count). The van der Waals surface area contributed by atoms with Crippen molar-refractivity contribution in [3.05, 3.63) is 59.7 Å². The van der Waals surface area contributed by atoms with Crippen molar-refractivity contribution in [2.45, 2.75) is 5.92 Å². The number of anilines is 2. The van der Waals surface area contributed by atoms with Crippen LogP contribution >= 0.6 is 0 Å². The minimum atomic E-state index is -0.739. The number of Topliss-reactive ketones (excluding diaryl/α,β-unsaturated/α-hetero) is 1. The molecule has 1 aliphatic heterocycles. The van der Waals surface area contributed by atoms with E-state index in [-0.39, 0.29) is 5.78 Å². The van der Waals surface area contributed by atoms with Gasteiger partial charge >= 0.3 is 0 Å². The molecule has 0 radical (unpaired) electrons. The zero-order valence-electron chi connectivity index (χ0n) is 9.55. The van der Waals surface area contributed by atoms with E-state index >= 15 is 0 Å². The maximum absolute atomic E-state index is 12.4. The molecule has 86 valence electrons. The predicted octanol–water partition coefficient (Wildman–Crippen LogP) is 3.23. The molecule has 0 saturated carbocycles. The lowest BCUT2D eigenvalue weighted by atomic mass is 9.92. The monoisotopic (exact) mass is 234 g/mol. The standard InChI is InChI=1S/C15H10N2O/c16-9-12-10-5-1-3-7-13(10)17-14-8-4-2-6-11(14)15(12)18/h1-8,12,17H/t12-/m1/s1. The van der Waals surface area contributed by atoms with Crippen LogP contribution in [-0.2, 0) is 0 Å². The first-order valence-electron chi connectivity index (χ1n) is 5.70. The largest absolute Gasteiger partial charge is 0.355 e. The molecule has 0 amide bonds. The summed E-state index contributed by atoms with van der Waals surface area (Å²) in [6.07, 6.45) is 0. The Morgan fingerprint density at radius 3 is 2.44 bits per heavy atom. The topological polar surface area (TPSA) is 52.9 Å². The van der Waals surface area contributed by atoms with Gasteiger partial charge < -0.3 is 5.32 Å². The van der Waals surface area contributed by atoms with Gasteiger partial charge in [-0.05, 0) is 18.2 Å². The molecule has 2 aromatic carbocycles. The molecule has 18 heavy (non-hydrogen) atoms. The molecule has 0 spiro atoms. The number of ketones is 1. The number of nitrogens with zero attached hydrogens (tertiary/aromatic N) is 1. The Morgan fingerprint density at radius 1 is 1.00 bits per heavy atom. The van der Waals surface area contributed by atoms with Crippen LogP contribution in [0.4, 0.5) is 11.4 Å². The van der Waals surface area contributed by atoms with E-state index < -0.39 is 5.92 Å². The Kier molecular flexibility index (Phi) is 2.35. The number of nitrogens with one attached hydrogen (secondary N) is 1. The third kappa shape index (κ3) is 1.47. The van der Waals surface area contributed by atoms with Crippen molar-refractivity contribution in [3.8, 4) is 6.07 Å². The van der Waals surface area contributed by atoms with E-state index in [9.17, 15) is 10.1 Å². The Hall–Kier alpha value is -2.60. The molecule has 2 aromatic rings. The van der Waals surface area contributed by atoms with Crippen LogP contribution in [0, 0.1) is 11.3 Å². The molecule has 0 aromatic heterocycles. The third-order valence-electron chi connectivity index (χ3n) is 3.12. The van der Waals surface area contributed by atoms with E-state index in [0.29, 0.717) is 5.56 Å². The van der Waals surface area contributed by atoms with Crippen LogP contribution < -0.4 is 5.32 Å². The Labute approximate surface area is 105 Å². The minimum Gasteiger partial charge on any atom is -0.355 e. The van der Waals surface area contributed by atoms with Crippen LogP contribution in [0.2, 0.25) is 0 Å². The van der Waals surface area contributed by atoms with Gasteiger partial charge in [-0.3, -0.25) is 4.79 Å². The van der Waals surface area contributed by atoms with Crippen molar-refractivity contribution in [2.24, 2.45) is 0 Å². The van der Waals surface area contributed by atoms with Crippen molar-refractivity contribution < 1.29 is 4.79 Å². The van der Waals surface area contributed by atoms with E-state index in [4.69, 9.17) is 0 Å². The van der Waals surface area contributed by atoms with Crippen molar-refractivity contribution >= 4 is 17.2 Å². The summed E-state index contributed by atoms with van der Waals surface area (Å²) < 4.78 is 0. The molecule has 1 heterocycles. The van der Waals surface area contributed by atoms with Crippen LogP contribution in [0.25, 0.3) is 0 Å². The lowest BCUT2D eigenvalue weighted by Crippen LogP contribution is -2.09. The number of nitriles is 1. The average Bonchev–Trinajstić information content (AvgIpc) is 2.53. The van der Waals surface area contributed by atoms with Gasteiger partial charge in [0.05, 0.1) is 6.07 Å². The maximum atomic E-state index is 12.4. The third-order valence-corrected chi connectivity index (χ3v) is 3.12. The number of carbonyl (C=O) groups excluding carboxylic acids is 1. The van der Waals surface area contributed by atoms with Crippen molar-refractivity contribution in [1.82, 2.24) is 0 Å². The van der Waals surface area contributed by atoms with E-state index in [2.05, 4.69) is 11.4 Å². The fourth-order valence-electron chi connectivity index (χ4n) is 2.24. The number of benzene rings is 2. The molecule has 1 atom stereocenters. The molecule has 0 fully saturated rings. The Bertz CT molecular complexity index is 670. The van der Waals surface area contributed by atoms with E-state index in [1.807, 2.05) is 42.5 Å². The van der Waals surface area contributed by atoms with E-state index in [1.165, 1.54) is 0 Å². The van der Waals surface area contributed by atoms with Crippen LogP contribution in [0.3, 0.4) is 0 Å². The highest BCUT2D eigenvalue weighted by molar-refractivity contribution is 6.09. The van der Waals surface area contributed by atoms with Crippen molar-refractivity contribution in [2.75, 3.05) is 5.32 Å². The van der Waals surface area contributed by atoms with Gasteiger partial charge in [0.25, 0.3) is 0 Å². The molecular formula is C15H10N2O. The summed E-state index contributed by atoms with van der Waals surface area (Å²) in [5.41, 5.74) is 2.89. The first-order valence-corrected chi connectivity index (χ1v) is 5.70. The second-order valence-corrected chi connectivity index (χ2v) is 4.18. The molecule has 1 N–H and O–H groups in total. The number of hydrogen-bond donors (Lipinski definition) is 1. The number of para-hydroxylation sites is 2. The lowest BCUT2D eigenvalue weighted by Gasteiger charge is -2.09. The van der Waals surface area contributed by atoms with E-state index in [0.717, 1.165) is 16.9 Å². The van der Waals surface area contributed by atoms with Crippen LogP contribution in [0.1, 0.15) is 21.8 Å². The molecule has 3 heteroatoms. The van der Waals surface area contributed by atoms with Gasteiger partial charge in [-0.15, -0.1) is 0 Å². The van der Waals surface area contributed by atoms with E-state index in [1.54, 1.807) is 6.07 Å². The highest BCUT2D eigenvalue weighted by atomic mass is 16.1. The average molecular weight is 234 g/mol. The number of hydrogen-bond acceptors (Lipinski definition) is 3. The fraction of sp³-hybridized carbons (Fsp3) is 0.0667. The van der Waals surface area contributed by atoms with Gasteiger partial charge in [0, 0.05) is 22.5 Å². The summed E-state index contributed by atoms with van der Waals surface area (Å²) in [6.45, 7) is 0. The highest BCUT2D eigenvalue weighted by Gasteiger charge is 2.28. The van der Waals surface area contributed by atoms with Crippen molar-refractivity contribution in [1.29, 1.82) is 5.26 Å². The SMILES string of the molecule is N#C[C@H]1C(=O)c2ccccc2Nc2ccccc21. The van der Waals surface area contributed by atoms with Crippen LogP contribution in [0.15, 0.2) is 48.5 Å². The van der Waals surface area contributed by atoms with Gasteiger partial charge in [-0.1, -0.05) is 30.3 Å². The highest BCUT2D eigenvalue weighted by Crippen LogP contribution is 2.35. The Balaban J connectivity index is 2.27. The van der Waals surface area contributed by atoms with Gasteiger partial charge in [-0.25, -0.2) is 0 Å². The zero-order chi connectivity index (χ0) is 12.5. The molecule has 0 bridgehead atoms. The second-order valence-electron chi connectivity index (χ2n) is 4.18. The molecule has 3 nitrogen and oxygen atoms in total. The molecular weight excluding hydrogens is 224 g/mol. The first kappa shape index (κ1) is 10.5. The fourth-order valence-corrected chi connectivity index (χ4v) is 2.24. The summed E-state index contributed by atoms with van der Waals surface area (Å²) in [5, 5.41) is 12.5. The minimum absolute atomic E-state index is 0.148. The molecule has 1 aliphatic rings. The summed E-state index contributed by atoms with van der Waals surface area (Å²) in [5.74, 6) is -0.886. The predicted molar refractivity (Wildman–Crippen MR) is 68.9 cm³/mol. The molecule has 0 unspecified atom stereocenters. The smallest absolute Gasteiger partial charge is 0.186 e. The zero-order valence-corrected chi connectivity index (χ0v) is 9.55. The van der Waals surface area contributed by atoms with Gasteiger partial charge in [-0.2, -0.15) is 5.26 Å². The molecule has 0 saturated heterocycles. The number of fused-ring (bicyclic) bond motifs is 2. The summed E-state index contributed by atoms with van der Waals surface area (Å²) in [4.78, 5) is 12.4. The second kappa shape index (κ2) is 4.01. The maximum Gasteiger partial charge on any atom is 0.186 e. The lowest BCUT2D eigenvalue weighted by molar-refractivity contribution is 0.0980. The Morgan fingerprint density at radius 2 is 1.67 bits per heavy atom. The number of carbonyl (C=O) groups is 1. The van der Waals surface area contributed by atoms with Gasteiger partial charge in [0.2, 0.25) is 0 Å². The van der Waals surface area contributed by atoms with Crippen LogP contribution in [-0.4, -0.2) is 5.78 Å². The van der Waals surface area contributed by atoms with Gasteiger partial charge in [0.15, 0.2) is 5.78 Å². The normalized spacial score (nSPS) is 16.8. The quantitative estimate of drug-likeness (QED) is 0.761. The molecule has 0 aliphatic carbocycles. The number of rotatable bonds is 0. The summed E-state index contributed by atoms with van der Waals surface area (Å²) in [6, 6.07) is 16.8. The van der Waals surface area contributed by atoms with Crippen LogP contribution in [0.5, 0.6) is 0 Å². The summed E-state index contributed by atoms with van der Waals surface area (Å²) in [7, 11) is 0. The summed E-state index contributed by atoms with van der Waals surface area (Å²) >= 11 is 0. The van der Waals surface area contributed by atoms with Crippen molar-refractivity contribution in [3.63, 3.8) is 0 Å². The van der Waals surface area contributed by atoms with Gasteiger partial charge in [0.1, 0.15) is 5.92 Å².